The van der Waals surface area contributed by atoms with Crippen LogP contribution in [0.2, 0.25) is 0 Å². The van der Waals surface area contributed by atoms with Crippen molar-refractivity contribution in [1.82, 2.24) is 4.98 Å². The molecule has 0 unspecified atom stereocenters. The van der Waals surface area contributed by atoms with Gasteiger partial charge in [-0.25, -0.2) is 0 Å². The van der Waals surface area contributed by atoms with Crippen LogP contribution >= 0.6 is 0 Å². The summed E-state index contributed by atoms with van der Waals surface area (Å²) in [6.45, 7) is 1.93. The lowest BCUT2D eigenvalue weighted by Gasteiger charge is -2.02. The van der Waals surface area contributed by atoms with Crippen molar-refractivity contribution in [3.8, 4) is 0 Å². The predicted octanol–water partition coefficient (Wildman–Crippen LogP) is 2.92. The lowest BCUT2D eigenvalue weighted by Crippen LogP contribution is -2.01. The van der Waals surface area contributed by atoms with Gasteiger partial charge in [0.15, 0.2) is 0 Å². The summed E-state index contributed by atoms with van der Waals surface area (Å²) in [7, 11) is 0. The highest BCUT2D eigenvalue weighted by atomic mass is 15.3. The molecule has 2 rings (SSSR count). The van der Waals surface area contributed by atoms with Gasteiger partial charge in [-0.15, -0.1) is 0 Å². The van der Waals surface area contributed by atoms with E-state index in [-0.39, 0.29) is 0 Å². The minimum Gasteiger partial charge on any atom is -0.278 e. The average molecular weight is 211 g/mol. The van der Waals surface area contributed by atoms with Crippen molar-refractivity contribution < 1.29 is 0 Å². The molecule has 0 atom stereocenters. The van der Waals surface area contributed by atoms with Gasteiger partial charge in [-0.1, -0.05) is 24.3 Å². The maximum Gasteiger partial charge on any atom is 0.0859 e. The van der Waals surface area contributed by atoms with Gasteiger partial charge >= 0.3 is 0 Å². The Morgan fingerprint density at radius 2 is 1.81 bits per heavy atom. The number of rotatable bonds is 3. The topological polar surface area (TPSA) is 37.3 Å². The Hall–Kier alpha value is -2.16. The molecule has 1 N–H and O–H groups in total. The van der Waals surface area contributed by atoms with E-state index in [2.05, 4.69) is 15.5 Å². The van der Waals surface area contributed by atoms with E-state index in [9.17, 15) is 0 Å². The molecule has 1 heterocycles. The van der Waals surface area contributed by atoms with Gasteiger partial charge in [0.1, 0.15) is 0 Å². The minimum atomic E-state index is 0.865. The van der Waals surface area contributed by atoms with Crippen molar-refractivity contribution in [1.29, 1.82) is 0 Å². The summed E-state index contributed by atoms with van der Waals surface area (Å²) in [5.41, 5.74) is 5.71. The van der Waals surface area contributed by atoms with E-state index >= 15 is 0 Å². The number of hydrogen-bond donors (Lipinski definition) is 1. The first kappa shape index (κ1) is 10.4. The van der Waals surface area contributed by atoms with Gasteiger partial charge in [-0.05, 0) is 31.2 Å². The molecule has 2 aromatic rings. The second-order valence-electron chi connectivity index (χ2n) is 3.39. The molecule has 0 fully saturated rings. The van der Waals surface area contributed by atoms with Crippen molar-refractivity contribution in [2.45, 2.75) is 6.92 Å². The molecule has 0 spiro atoms. The molecule has 1 aromatic carbocycles. The number of hydrogen-bond acceptors (Lipinski definition) is 3. The van der Waals surface area contributed by atoms with E-state index in [0.717, 1.165) is 17.1 Å². The van der Waals surface area contributed by atoms with Crippen molar-refractivity contribution in [2.75, 3.05) is 5.43 Å². The zero-order chi connectivity index (χ0) is 11.2. The summed E-state index contributed by atoms with van der Waals surface area (Å²) in [5, 5.41) is 4.27. The molecule has 0 aliphatic heterocycles. The maximum absolute atomic E-state index is 4.27. The number of nitrogens with zero attached hydrogens (tertiary/aromatic N) is 2. The van der Waals surface area contributed by atoms with Crippen molar-refractivity contribution in [3.63, 3.8) is 0 Å². The quantitative estimate of drug-likeness (QED) is 0.626. The molecule has 0 saturated heterocycles. The third-order valence-corrected chi connectivity index (χ3v) is 2.16. The summed E-state index contributed by atoms with van der Waals surface area (Å²) in [6.07, 6.45) is 1.76. The first-order valence-electron chi connectivity index (χ1n) is 5.13. The highest BCUT2D eigenvalue weighted by Gasteiger charge is 1.96. The molecule has 3 nitrogen and oxygen atoms in total. The Labute approximate surface area is 94.9 Å². The van der Waals surface area contributed by atoms with Gasteiger partial charge in [0.25, 0.3) is 0 Å². The SMILES string of the molecule is C/C(=N/Nc1ccccc1)c1ccccn1. The number of nitrogens with one attached hydrogen (secondary N) is 1. The standard InChI is InChI=1S/C13H13N3/c1-11(13-9-5-6-10-14-13)15-16-12-7-3-2-4-8-12/h2-10,16H,1H3/b15-11-. The summed E-state index contributed by atoms with van der Waals surface area (Å²) in [4.78, 5) is 4.22. The van der Waals surface area contributed by atoms with Gasteiger partial charge < -0.3 is 0 Å². The highest BCUT2D eigenvalue weighted by molar-refractivity contribution is 5.97. The number of benzene rings is 1. The minimum absolute atomic E-state index is 0.865. The van der Waals surface area contributed by atoms with Gasteiger partial charge in [-0.3, -0.25) is 10.4 Å². The van der Waals surface area contributed by atoms with Crippen LogP contribution in [0.5, 0.6) is 0 Å². The van der Waals surface area contributed by atoms with E-state index in [1.165, 1.54) is 0 Å². The first-order valence-corrected chi connectivity index (χ1v) is 5.13. The van der Waals surface area contributed by atoms with Crippen LogP contribution in [-0.4, -0.2) is 10.7 Å². The van der Waals surface area contributed by atoms with E-state index in [0.29, 0.717) is 0 Å². The lowest BCUT2D eigenvalue weighted by molar-refractivity contribution is 1.25. The summed E-state index contributed by atoms with van der Waals surface area (Å²) in [5.74, 6) is 0. The van der Waals surface area contributed by atoms with E-state index < -0.39 is 0 Å². The Morgan fingerprint density at radius 1 is 1.06 bits per heavy atom. The van der Waals surface area contributed by atoms with Crippen LogP contribution in [0.4, 0.5) is 5.69 Å². The summed E-state index contributed by atoms with van der Waals surface area (Å²) >= 11 is 0. The summed E-state index contributed by atoms with van der Waals surface area (Å²) in [6, 6.07) is 15.6. The van der Waals surface area contributed by atoms with Crippen LogP contribution in [0.15, 0.2) is 59.8 Å². The third-order valence-electron chi connectivity index (χ3n) is 2.16. The fraction of sp³-hybridized carbons (Fsp3) is 0.0769. The van der Waals surface area contributed by atoms with Crippen LogP contribution in [0, 0.1) is 0 Å². The van der Waals surface area contributed by atoms with Crippen molar-refractivity contribution >= 4 is 11.4 Å². The molecular formula is C13H13N3. The Kier molecular flexibility index (Phi) is 3.28. The first-order chi connectivity index (χ1) is 7.86. The van der Waals surface area contributed by atoms with Gasteiger partial charge in [0.05, 0.1) is 17.1 Å². The predicted molar refractivity (Wildman–Crippen MR) is 66.5 cm³/mol. The number of hydrazone groups is 1. The van der Waals surface area contributed by atoms with Crippen molar-refractivity contribution in [3.05, 3.63) is 60.4 Å². The maximum atomic E-state index is 4.27. The van der Waals surface area contributed by atoms with Gasteiger partial charge in [0, 0.05) is 6.20 Å². The molecule has 16 heavy (non-hydrogen) atoms. The normalized spacial score (nSPS) is 11.2. The Bertz CT molecular complexity index is 463. The smallest absolute Gasteiger partial charge is 0.0859 e. The van der Waals surface area contributed by atoms with Crippen LogP contribution in [0.25, 0.3) is 0 Å². The molecule has 0 radical (unpaired) electrons. The number of aromatic nitrogens is 1. The van der Waals surface area contributed by atoms with Crippen molar-refractivity contribution in [2.24, 2.45) is 5.10 Å². The second-order valence-corrected chi connectivity index (χ2v) is 3.39. The van der Waals surface area contributed by atoms with Gasteiger partial charge in [-0.2, -0.15) is 5.10 Å². The monoisotopic (exact) mass is 211 g/mol. The molecule has 0 amide bonds. The van der Waals surface area contributed by atoms with Crippen LogP contribution in [0.3, 0.4) is 0 Å². The molecule has 0 bridgehead atoms. The Morgan fingerprint density at radius 3 is 2.50 bits per heavy atom. The van der Waals surface area contributed by atoms with Gasteiger partial charge in [0.2, 0.25) is 0 Å². The molecule has 1 aromatic heterocycles. The number of anilines is 1. The zero-order valence-electron chi connectivity index (χ0n) is 9.09. The van der Waals surface area contributed by atoms with E-state index in [1.807, 2.05) is 55.5 Å². The van der Waals surface area contributed by atoms with Crippen LogP contribution in [-0.2, 0) is 0 Å². The van der Waals surface area contributed by atoms with E-state index in [1.54, 1.807) is 6.20 Å². The average Bonchev–Trinajstić information content (AvgIpc) is 2.38. The molecule has 0 aliphatic carbocycles. The zero-order valence-corrected chi connectivity index (χ0v) is 9.09. The fourth-order valence-electron chi connectivity index (χ4n) is 1.30. The highest BCUT2D eigenvalue weighted by Crippen LogP contribution is 2.05. The van der Waals surface area contributed by atoms with E-state index in [4.69, 9.17) is 0 Å². The molecule has 3 heteroatoms. The van der Waals surface area contributed by atoms with Crippen LogP contribution < -0.4 is 5.43 Å². The largest absolute Gasteiger partial charge is 0.278 e. The molecule has 0 saturated carbocycles. The molecular weight excluding hydrogens is 198 g/mol. The fourth-order valence-corrected chi connectivity index (χ4v) is 1.30. The Balaban J connectivity index is 2.09. The molecule has 0 aliphatic rings. The number of pyridine rings is 1. The second kappa shape index (κ2) is 5.07. The number of para-hydroxylation sites is 1. The lowest BCUT2D eigenvalue weighted by atomic mass is 10.3. The summed E-state index contributed by atoms with van der Waals surface area (Å²) < 4.78 is 0. The third kappa shape index (κ3) is 2.67. The van der Waals surface area contributed by atoms with Crippen LogP contribution in [0.1, 0.15) is 12.6 Å². The molecule has 80 valence electrons.